The van der Waals surface area contributed by atoms with Gasteiger partial charge >= 0.3 is 0 Å². The smallest absolute Gasteiger partial charge is 0.230 e. The Morgan fingerprint density at radius 2 is 1.24 bits per heavy atom. The average molecular weight is 631 g/mol. The summed E-state index contributed by atoms with van der Waals surface area (Å²) >= 11 is 0. The van der Waals surface area contributed by atoms with Crippen LogP contribution in [0, 0.1) is 17.2 Å². The van der Waals surface area contributed by atoms with Crippen LogP contribution in [0.2, 0.25) is 0 Å². The molecule has 0 aliphatic heterocycles. The van der Waals surface area contributed by atoms with Gasteiger partial charge in [0.25, 0.3) is 0 Å². The minimum atomic E-state index is 0.0687. The van der Waals surface area contributed by atoms with E-state index in [1.807, 2.05) is 36.4 Å². The molecule has 3 aromatic heterocycles. The summed E-state index contributed by atoms with van der Waals surface area (Å²) in [5.41, 5.74) is 11.8. The second-order valence-electron chi connectivity index (χ2n) is 12.9. The molecule has 2 atom stereocenters. The summed E-state index contributed by atoms with van der Waals surface area (Å²) in [7, 11) is 0. The fourth-order valence-corrected chi connectivity index (χ4v) is 7.26. The highest BCUT2D eigenvalue weighted by atomic mass is 14.8. The standard InChI is InChI=1S/C44H31N5/c1-26-10-8-9-15-32(26)34-25-35-39(41(46)40(34)45)33-21-18-31(24-38(33)49-42(35)28-13-6-3-7-14-28)37-23-20-30-17-16-29-19-22-36(27-11-4-2-5-12-27)47-43(29)44(30)48-37/h2-26,32,45-46H,1H3/p+1. The van der Waals surface area contributed by atoms with Crippen molar-refractivity contribution < 1.29 is 5.41 Å². The molecule has 2 aliphatic carbocycles. The summed E-state index contributed by atoms with van der Waals surface area (Å²) in [6.45, 7) is 2.19. The molecule has 0 saturated heterocycles. The molecule has 0 fully saturated rings. The van der Waals surface area contributed by atoms with Gasteiger partial charge in [0.2, 0.25) is 5.71 Å². The first-order valence-corrected chi connectivity index (χ1v) is 16.6. The van der Waals surface area contributed by atoms with E-state index in [1.54, 1.807) is 0 Å². The van der Waals surface area contributed by atoms with Crippen molar-refractivity contribution in [2.24, 2.45) is 11.8 Å². The van der Waals surface area contributed by atoms with Crippen molar-refractivity contribution in [2.45, 2.75) is 6.92 Å². The molecule has 7 aromatic rings. The molecule has 3 N–H and O–H groups in total. The summed E-state index contributed by atoms with van der Waals surface area (Å²) in [5.74, 6) is 0.327. The molecule has 0 spiro atoms. The molecule has 5 nitrogen and oxygen atoms in total. The minimum Gasteiger partial charge on any atom is -0.294 e. The van der Waals surface area contributed by atoms with Gasteiger partial charge in [-0.05, 0) is 35.8 Å². The van der Waals surface area contributed by atoms with Crippen LogP contribution in [0.25, 0.3) is 72.6 Å². The number of nitrogens with two attached hydrogens (primary N) is 1. The molecule has 9 rings (SSSR count). The van der Waals surface area contributed by atoms with Crippen LogP contribution >= 0.6 is 0 Å². The lowest BCUT2D eigenvalue weighted by molar-refractivity contribution is -0.109. The SMILES string of the molecule is CC1C=CC=CC1C1=Cc2c(-c3ccccc3)nc3cc(-c4ccc5ccc6ccc(-c7ccccc7)nc6c5n4)ccc3c2C(=[NH2+])C1=N. The Morgan fingerprint density at radius 3 is 1.92 bits per heavy atom. The van der Waals surface area contributed by atoms with Crippen molar-refractivity contribution >= 4 is 50.2 Å². The van der Waals surface area contributed by atoms with E-state index in [9.17, 15) is 5.41 Å². The van der Waals surface area contributed by atoms with Crippen molar-refractivity contribution in [2.75, 3.05) is 0 Å². The lowest BCUT2D eigenvalue weighted by atomic mass is 9.75. The number of hydrogen-bond acceptors (Lipinski definition) is 4. The predicted octanol–water partition coefficient (Wildman–Crippen LogP) is 8.68. The van der Waals surface area contributed by atoms with Gasteiger partial charge in [0, 0.05) is 44.3 Å². The molecule has 4 aromatic carbocycles. The van der Waals surface area contributed by atoms with Gasteiger partial charge in [-0.2, -0.15) is 0 Å². The first-order chi connectivity index (χ1) is 24.0. The highest BCUT2D eigenvalue weighted by Gasteiger charge is 2.34. The quantitative estimate of drug-likeness (QED) is 0.191. The van der Waals surface area contributed by atoms with Gasteiger partial charge in [0.05, 0.1) is 39.2 Å². The van der Waals surface area contributed by atoms with E-state index in [4.69, 9.17) is 20.4 Å². The average Bonchev–Trinajstić information content (AvgIpc) is 3.16. The monoisotopic (exact) mass is 630 g/mol. The van der Waals surface area contributed by atoms with Crippen LogP contribution in [-0.4, -0.2) is 26.4 Å². The fourth-order valence-electron chi connectivity index (χ4n) is 7.26. The van der Waals surface area contributed by atoms with Crippen LogP contribution in [0.4, 0.5) is 0 Å². The zero-order chi connectivity index (χ0) is 33.1. The van der Waals surface area contributed by atoms with Gasteiger partial charge < -0.3 is 0 Å². The maximum atomic E-state index is 9.22. The number of aromatic nitrogens is 3. The van der Waals surface area contributed by atoms with Crippen LogP contribution < -0.4 is 5.41 Å². The molecule has 5 heteroatoms. The molecule has 0 amide bonds. The van der Waals surface area contributed by atoms with Crippen LogP contribution in [-0.2, 0) is 0 Å². The van der Waals surface area contributed by atoms with Gasteiger partial charge in [-0.3, -0.25) is 10.8 Å². The summed E-state index contributed by atoms with van der Waals surface area (Å²) in [5, 5.41) is 19.2. The zero-order valence-electron chi connectivity index (χ0n) is 26.9. The number of nitrogens with zero attached hydrogens (tertiary/aromatic N) is 3. The Kier molecular flexibility index (Phi) is 6.73. The predicted molar refractivity (Wildman–Crippen MR) is 201 cm³/mol. The number of allylic oxidation sites excluding steroid dienone is 5. The minimum absolute atomic E-state index is 0.0687. The summed E-state index contributed by atoms with van der Waals surface area (Å²) < 4.78 is 0. The molecular formula is C44H32N5+. The molecule has 232 valence electrons. The molecule has 0 bridgehead atoms. The Hall–Kier alpha value is -6.33. The lowest BCUT2D eigenvalue weighted by Crippen LogP contribution is -2.48. The van der Waals surface area contributed by atoms with E-state index in [1.165, 1.54) is 0 Å². The Balaban J connectivity index is 1.23. The third-order valence-electron chi connectivity index (χ3n) is 9.85. The third kappa shape index (κ3) is 4.82. The van der Waals surface area contributed by atoms with Gasteiger partial charge in [-0.15, -0.1) is 0 Å². The van der Waals surface area contributed by atoms with Crippen LogP contribution in [0.1, 0.15) is 18.1 Å². The highest BCUT2D eigenvalue weighted by Crippen LogP contribution is 2.40. The van der Waals surface area contributed by atoms with E-state index in [0.29, 0.717) is 11.4 Å². The second-order valence-corrected chi connectivity index (χ2v) is 12.9. The first kappa shape index (κ1) is 28.9. The van der Waals surface area contributed by atoms with E-state index < -0.39 is 0 Å². The van der Waals surface area contributed by atoms with Gasteiger partial charge in [0.1, 0.15) is 5.71 Å². The maximum absolute atomic E-state index is 9.22. The topological polar surface area (TPSA) is 88.1 Å². The van der Waals surface area contributed by atoms with E-state index >= 15 is 0 Å². The highest BCUT2D eigenvalue weighted by molar-refractivity contribution is 6.54. The van der Waals surface area contributed by atoms with Crippen molar-refractivity contribution in [1.29, 1.82) is 5.41 Å². The van der Waals surface area contributed by atoms with Crippen molar-refractivity contribution in [3.05, 3.63) is 156 Å². The van der Waals surface area contributed by atoms with Crippen molar-refractivity contribution in [3.8, 4) is 33.8 Å². The largest absolute Gasteiger partial charge is 0.294 e. The van der Waals surface area contributed by atoms with E-state index in [-0.39, 0.29) is 11.8 Å². The molecule has 2 aliphatic rings. The van der Waals surface area contributed by atoms with Crippen molar-refractivity contribution in [3.63, 3.8) is 0 Å². The molecule has 2 unspecified atom stereocenters. The molecule has 49 heavy (non-hydrogen) atoms. The normalized spacial score (nSPS) is 17.1. The number of pyridine rings is 3. The zero-order valence-corrected chi connectivity index (χ0v) is 26.9. The van der Waals surface area contributed by atoms with Crippen molar-refractivity contribution in [1.82, 2.24) is 15.0 Å². The van der Waals surface area contributed by atoms with E-state index in [2.05, 4.69) is 116 Å². The first-order valence-electron chi connectivity index (χ1n) is 16.6. The fraction of sp³-hybridized carbons (Fsp3) is 0.0682. The van der Waals surface area contributed by atoms with Crippen LogP contribution in [0.5, 0.6) is 0 Å². The molecule has 0 saturated carbocycles. The summed E-state index contributed by atoms with van der Waals surface area (Å²) in [6.07, 6.45) is 10.6. The number of hydrogen-bond donors (Lipinski definition) is 2. The lowest BCUT2D eigenvalue weighted by Gasteiger charge is -2.27. The summed E-state index contributed by atoms with van der Waals surface area (Å²) in [6, 6.07) is 39.3. The Labute approximate surface area is 284 Å². The maximum Gasteiger partial charge on any atom is 0.230 e. The number of rotatable bonds is 4. The molecular weight excluding hydrogens is 599 g/mol. The second kappa shape index (κ2) is 11.4. The number of benzene rings is 4. The van der Waals surface area contributed by atoms with Crippen LogP contribution in [0.3, 0.4) is 0 Å². The van der Waals surface area contributed by atoms with Gasteiger partial charge in [0.15, 0.2) is 0 Å². The van der Waals surface area contributed by atoms with Gasteiger partial charge in [-0.1, -0.05) is 128 Å². The summed E-state index contributed by atoms with van der Waals surface area (Å²) in [4.78, 5) is 15.6. The number of nitrogens with one attached hydrogen (secondary N) is 1. The third-order valence-corrected chi connectivity index (χ3v) is 9.85. The van der Waals surface area contributed by atoms with E-state index in [0.717, 1.165) is 83.2 Å². The van der Waals surface area contributed by atoms with Crippen LogP contribution in [0.15, 0.2) is 145 Å². The Morgan fingerprint density at radius 1 is 0.633 bits per heavy atom. The van der Waals surface area contributed by atoms with Gasteiger partial charge in [-0.25, -0.2) is 15.0 Å². The number of fused-ring (bicyclic) bond motifs is 6. The molecule has 0 radical (unpaired) electrons. The molecule has 3 heterocycles. The Bertz CT molecular complexity index is 2600.